The van der Waals surface area contributed by atoms with Gasteiger partial charge in [-0.25, -0.2) is 13.8 Å². The molecule has 11 heteroatoms. The molecule has 2 fully saturated rings. The van der Waals surface area contributed by atoms with Gasteiger partial charge in [0.1, 0.15) is 0 Å². The maximum absolute atomic E-state index is 13.2. The summed E-state index contributed by atoms with van der Waals surface area (Å²) >= 11 is 1.31. The van der Waals surface area contributed by atoms with E-state index in [-0.39, 0.29) is 37.0 Å². The van der Waals surface area contributed by atoms with Crippen molar-refractivity contribution >= 4 is 47.2 Å². The zero-order valence-corrected chi connectivity index (χ0v) is 17.0. The van der Waals surface area contributed by atoms with Crippen LogP contribution >= 0.6 is 36.2 Å². The number of carbonyl (C=O) groups is 1. The number of amides is 1. The Hall–Kier alpha value is -0.580. The lowest BCUT2D eigenvalue weighted by Gasteiger charge is -2.34. The fourth-order valence-electron chi connectivity index (χ4n) is 3.17. The third kappa shape index (κ3) is 6.24. The van der Waals surface area contributed by atoms with Gasteiger partial charge in [-0.3, -0.25) is 15.0 Å². The van der Waals surface area contributed by atoms with Crippen molar-refractivity contribution in [2.45, 2.75) is 51.0 Å². The molecule has 1 aromatic rings. The van der Waals surface area contributed by atoms with Gasteiger partial charge in [0.25, 0.3) is 5.92 Å². The first-order valence-electron chi connectivity index (χ1n) is 8.05. The SMILES string of the molecule is CC1CN(Cc2csc(NC(=O)C3CC(F)(F)CN3)n2)CC(C)O1.Cl.Cl. The van der Waals surface area contributed by atoms with Gasteiger partial charge in [-0.2, -0.15) is 0 Å². The number of aromatic nitrogens is 1. The molecule has 150 valence electrons. The van der Waals surface area contributed by atoms with E-state index in [1.165, 1.54) is 11.3 Å². The quantitative estimate of drug-likeness (QED) is 0.764. The number of nitrogens with zero attached hydrogens (tertiary/aromatic N) is 2. The van der Waals surface area contributed by atoms with E-state index in [4.69, 9.17) is 4.74 Å². The summed E-state index contributed by atoms with van der Waals surface area (Å²) in [6.07, 6.45) is -0.107. The van der Waals surface area contributed by atoms with E-state index in [2.05, 4.69) is 20.5 Å². The molecule has 2 saturated heterocycles. The average molecular weight is 433 g/mol. The second-order valence-electron chi connectivity index (χ2n) is 6.58. The lowest BCUT2D eigenvalue weighted by molar-refractivity contribution is -0.118. The fourth-order valence-corrected chi connectivity index (χ4v) is 3.88. The lowest BCUT2D eigenvalue weighted by atomic mass is 10.2. The number of rotatable bonds is 4. The smallest absolute Gasteiger partial charge is 0.262 e. The van der Waals surface area contributed by atoms with Crippen LogP contribution in [0.25, 0.3) is 0 Å². The molecule has 0 bridgehead atoms. The van der Waals surface area contributed by atoms with Crippen molar-refractivity contribution in [3.8, 4) is 0 Å². The predicted molar refractivity (Wildman–Crippen MR) is 102 cm³/mol. The summed E-state index contributed by atoms with van der Waals surface area (Å²) in [6.45, 7) is 5.99. The minimum atomic E-state index is -2.82. The average Bonchev–Trinajstić information content (AvgIpc) is 3.04. The topological polar surface area (TPSA) is 66.5 Å². The molecule has 2 N–H and O–H groups in total. The molecule has 0 aromatic carbocycles. The maximum atomic E-state index is 13.2. The zero-order chi connectivity index (χ0) is 17.3. The van der Waals surface area contributed by atoms with Gasteiger partial charge in [-0.1, -0.05) is 0 Å². The lowest BCUT2D eigenvalue weighted by Crippen LogP contribution is -2.44. The summed E-state index contributed by atoms with van der Waals surface area (Å²) < 4.78 is 32.0. The Morgan fingerprint density at radius 3 is 2.65 bits per heavy atom. The molecule has 3 rings (SSSR count). The van der Waals surface area contributed by atoms with Crippen LogP contribution in [0.4, 0.5) is 13.9 Å². The van der Waals surface area contributed by atoms with Gasteiger partial charge < -0.3 is 10.1 Å². The molecule has 3 heterocycles. The van der Waals surface area contributed by atoms with E-state index in [0.717, 1.165) is 18.8 Å². The Kier molecular flexibility index (Phi) is 8.63. The van der Waals surface area contributed by atoms with E-state index in [0.29, 0.717) is 11.7 Å². The van der Waals surface area contributed by atoms with Gasteiger partial charge in [0.2, 0.25) is 5.91 Å². The van der Waals surface area contributed by atoms with Crippen LogP contribution in [-0.4, -0.2) is 59.6 Å². The van der Waals surface area contributed by atoms with Gasteiger partial charge in [0.15, 0.2) is 5.13 Å². The summed E-state index contributed by atoms with van der Waals surface area (Å²) in [6, 6.07) is -0.867. The molecule has 0 saturated carbocycles. The molecule has 2 aliphatic rings. The Bertz CT molecular complexity index is 598. The van der Waals surface area contributed by atoms with Crippen LogP contribution in [0.3, 0.4) is 0 Å². The molecule has 6 nitrogen and oxygen atoms in total. The summed E-state index contributed by atoms with van der Waals surface area (Å²) in [4.78, 5) is 18.7. The third-order valence-corrected chi connectivity index (χ3v) is 4.90. The molecule has 2 aliphatic heterocycles. The Balaban J connectivity index is 0.00000169. The van der Waals surface area contributed by atoms with Gasteiger partial charge >= 0.3 is 0 Å². The van der Waals surface area contributed by atoms with E-state index >= 15 is 0 Å². The first-order chi connectivity index (χ1) is 11.3. The number of thiazole rings is 1. The van der Waals surface area contributed by atoms with Crippen LogP contribution in [0.5, 0.6) is 0 Å². The largest absolute Gasteiger partial charge is 0.373 e. The molecule has 26 heavy (non-hydrogen) atoms. The molecule has 0 spiro atoms. The number of halogens is 4. The maximum Gasteiger partial charge on any atom is 0.262 e. The first kappa shape index (κ1) is 23.5. The van der Waals surface area contributed by atoms with Crippen molar-refractivity contribution in [2.75, 3.05) is 25.0 Å². The molecule has 0 radical (unpaired) electrons. The van der Waals surface area contributed by atoms with E-state index < -0.39 is 30.8 Å². The molecule has 1 amide bonds. The van der Waals surface area contributed by atoms with Crippen LogP contribution in [0, 0.1) is 0 Å². The van der Waals surface area contributed by atoms with Crippen LogP contribution in [0.15, 0.2) is 5.38 Å². The van der Waals surface area contributed by atoms with Crippen molar-refractivity contribution in [1.29, 1.82) is 0 Å². The summed E-state index contributed by atoms with van der Waals surface area (Å²) in [5.74, 6) is -3.28. The minimum Gasteiger partial charge on any atom is -0.373 e. The molecule has 3 atom stereocenters. The number of anilines is 1. The van der Waals surface area contributed by atoms with Gasteiger partial charge in [0, 0.05) is 31.4 Å². The van der Waals surface area contributed by atoms with Gasteiger partial charge in [0.05, 0.1) is 30.5 Å². The highest BCUT2D eigenvalue weighted by molar-refractivity contribution is 7.13. The van der Waals surface area contributed by atoms with Crippen LogP contribution in [-0.2, 0) is 16.1 Å². The zero-order valence-electron chi connectivity index (χ0n) is 14.5. The van der Waals surface area contributed by atoms with Crippen molar-refractivity contribution in [2.24, 2.45) is 0 Å². The highest BCUT2D eigenvalue weighted by Crippen LogP contribution is 2.26. The molecule has 3 unspecified atom stereocenters. The molecular formula is C15H24Cl2F2N4O2S. The molecular weight excluding hydrogens is 409 g/mol. The van der Waals surface area contributed by atoms with Crippen LogP contribution in [0.1, 0.15) is 26.0 Å². The molecule has 1 aromatic heterocycles. The highest BCUT2D eigenvalue weighted by atomic mass is 35.5. The highest BCUT2D eigenvalue weighted by Gasteiger charge is 2.42. The number of morpholine rings is 1. The second-order valence-corrected chi connectivity index (χ2v) is 7.44. The number of nitrogens with one attached hydrogen (secondary N) is 2. The van der Waals surface area contributed by atoms with Crippen molar-refractivity contribution < 1.29 is 18.3 Å². The van der Waals surface area contributed by atoms with E-state index in [9.17, 15) is 13.6 Å². The monoisotopic (exact) mass is 432 g/mol. The third-order valence-electron chi connectivity index (χ3n) is 4.09. The normalized spacial score (nSPS) is 28.1. The van der Waals surface area contributed by atoms with Gasteiger partial charge in [-0.05, 0) is 13.8 Å². The molecule has 0 aliphatic carbocycles. The van der Waals surface area contributed by atoms with Crippen molar-refractivity contribution in [3.63, 3.8) is 0 Å². The first-order valence-corrected chi connectivity index (χ1v) is 8.93. The summed E-state index contributed by atoms with van der Waals surface area (Å²) in [7, 11) is 0. The van der Waals surface area contributed by atoms with Crippen LogP contribution in [0.2, 0.25) is 0 Å². The number of hydrogen-bond donors (Lipinski definition) is 2. The predicted octanol–water partition coefficient (Wildman–Crippen LogP) is 2.53. The number of alkyl halides is 2. The minimum absolute atomic E-state index is 0. The van der Waals surface area contributed by atoms with Crippen LogP contribution < -0.4 is 10.6 Å². The van der Waals surface area contributed by atoms with E-state index in [1.807, 2.05) is 19.2 Å². The number of hydrogen-bond acceptors (Lipinski definition) is 6. The van der Waals surface area contributed by atoms with Gasteiger partial charge in [-0.15, -0.1) is 36.2 Å². The number of ether oxygens (including phenoxy) is 1. The summed E-state index contributed by atoms with van der Waals surface area (Å²) in [5, 5.41) is 7.50. The number of carbonyl (C=O) groups excluding carboxylic acids is 1. The van der Waals surface area contributed by atoms with Crippen molar-refractivity contribution in [3.05, 3.63) is 11.1 Å². The van der Waals surface area contributed by atoms with E-state index in [1.54, 1.807) is 0 Å². The van der Waals surface area contributed by atoms with Crippen molar-refractivity contribution in [1.82, 2.24) is 15.2 Å². The second kappa shape index (κ2) is 9.57. The standard InChI is InChI=1S/C15H22F2N4O2S.2ClH/c1-9-4-21(5-10(2)23-9)6-11-7-24-14(19-11)20-13(22)12-3-15(16,17)8-18-12;;/h7,9-10,12,18H,3-6,8H2,1-2H3,(H,19,20,22);2*1H. The Morgan fingerprint density at radius 2 is 2.08 bits per heavy atom. The Morgan fingerprint density at radius 1 is 1.42 bits per heavy atom. The fraction of sp³-hybridized carbons (Fsp3) is 0.733. The summed E-state index contributed by atoms with van der Waals surface area (Å²) in [5.41, 5.74) is 0.862. The Labute approximate surface area is 167 Å².